The van der Waals surface area contributed by atoms with Crippen molar-refractivity contribution in [2.75, 3.05) is 7.11 Å². The van der Waals surface area contributed by atoms with Gasteiger partial charge in [-0.1, -0.05) is 24.3 Å². The molecule has 3 heteroatoms. The van der Waals surface area contributed by atoms with Crippen molar-refractivity contribution in [3.05, 3.63) is 54.4 Å². The van der Waals surface area contributed by atoms with E-state index in [9.17, 15) is 0 Å². The van der Waals surface area contributed by atoms with Crippen LogP contribution in [0.5, 0.6) is 5.75 Å². The van der Waals surface area contributed by atoms with Crippen molar-refractivity contribution in [2.45, 2.75) is 6.92 Å². The van der Waals surface area contributed by atoms with Crippen LogP contribution in [0.25, 0.3) is 16.7 Å². The number of para-hydroxylation sites is 4. The Labute approximate surface area is 106 Å². The van der Waals surface area contributed by atoms with Gasteiger partial charge in [-0.25, -0.2) is 4.98 Å². The lowest BCUT2D eigenvalue weighted by molar-refractivity contribution is 0.413. The number of aromatic nitrogens is 2. The molecule has 1 heterocycles. The van der Waals surface area contributed by atoms with Crippen LogP contribution in [0, 0.1) is 6.92 Å². The molecule has 0 fully saturated rings. The van der Waals surface area contributed by atoms with E-state index in [0.29, 0.717) is 0 Å². The highest BCUT2D eigenvalue weighted by atomic mass is 16.5. The third-order valence-electron chi connectivity index (χ3n) is 3.05. The normalized spacial score (nSPS) is 10.8. The molecule has 0 unspecified atom stereocenters. The predicted molar refractivity (Wildman–Crippen MR) is 72.4 cm³/mol. The van der Waals surface area contributed by atoms with Crippen molar-refractivity contribution in [1.29, 1.82) is 0 Å². The molecule has 0 bridgehead atoms. The van der Waals surface area contributed by atoms with E-state index in [-0.39, 0.29) is 0 Å². The molecule has 0 N–H and O–H groups in total. The van der Waals surface area contributed by atoms with Crippen LogP contribution in [0.2, 0.25) is 0 Å². The van der Waals surface area contributed by atoms with Crippen LogP contribution in [0.15, 0.2) is 48.5 Å². The Kier molecular flexibility index (Phi) is 2.52. The first kappa shape index (κ1) is 10.8. The second kappa shape index (κ2) is 4.18. The van der Waals surface area contributed by atoms with Crippen LogP contribution in [0.1, 0.15) is 5.82 Å². The fraction of sp³-hybridized carbons (Fsp3) is 0.133. The van der Waals surface area contributed by atoms with Gasteiger partial charge in [0.1, 0.15) is 11.6 Å². The number of rotatable bonds is 2. The second-order valence-corrected chi connectivity index (χ2v) is 4.15. The number of hydrogen-bond donors (Lipinski definition) is 0. The third kappa shape index (κ3) is 1.56. The first-order valence-corrected chi connectivity index (χ1v) is 5.89. The molecule has 0 spiro atoms. The highest BCUT2D eigenvalue weighted by Crippen LogP contribution is 2.27. The van der Waals surface area contributed by atoms with Crippen LogP contribution in [0.4, 0.5) is 0 Å². The standard InChI is InChI=1S/C15H14N2O/c1-11-16-12-7-3-4-8-13(12)17(11)14-9-5-6-10-15(14)18-2/h3-10H,1-2H3. The van der Waals surface area contributed by atoms with Crippen molar-refractivity contribution >= 4 is 11.0 Å². The summed E-state index contributed by atoms with van der Waals surface area (Å²) in [7, 11) is 1.69. The number of nitrogens with zero attached hydrogens (tertiary/aromatic N) is 2. The molecular weight excluding hydrogens is 224 g/mol. The van der Waals surface area contributed by atoms with Gasteiger partial charge < -0.3 is 4.74 Å². The van der Waals surface area contributed by atoms with Gasteiger partial charge in [0.2, 0.25) is 0 Å². The Bertz CT molecular complexity index is 701. The molecule has 3 nitrogen and oxygen atoms in total. The minimum atomic E-state index is 0.851. The lowest BCUT2D eigenvalue weighted by Crippen LogP contribution is -1.99. The molecule has 0 aliphatic rings. The maximum atomic E-state index is 5.42. The van der Waals surface area contributed by atoms with Gasteiger partial charge in [0, 0.05) is 0 Å². The Morgan fingerprint density at radius 2 is 1.72 bits per heavy atom. The number of hydrogen-bond acceptors (Lipinski definition) is 2. The summed E-state index contributed by atoms with van der Waals surface area (Å²) in [4.78, 5) is 4.57. The number of fused-ring (bicyclic) bond motifs is 1. The van der Waals surface area contributed by atoms with E-state index in [4.69, 9.17) is 4.74 Å². The van der Waals surface area contributed by atoms with E-state index in [1.165, 1.54) is 0 Å². The van der Waals surface area contributed by atoms with Crippen molar-refractivity contribution in [2.24, 2.45) is 0 Å². The molecule has 3 aromatic rings. The van der Waals surface area contributed by atoms with Crippen molar-refractivity contribution < 1.29 is 4.74 Å². The lowest BCUT2D eigenvalue weighted by Gasteiger charge is -2.11. The average molecular weight is 238 g/mol. The van der Waals surface area contributed by atoms with Crippen molar-refractivity contribution in [3.8, 4) is 11.4 Å². The summed E-state index contributed by atoms with van der Waals surface area (Å²) in [6.45, 7) is 2.01. The number of ether oxygens (including phenoxy) is 1. The summed E-state index contributed by atoms with van der Waals surface area (Å²) in [6.07, 6.45) is 0. The van der Waals surface area contributed by atoms with Crippen LogP contribution in [0.3, 0.4) is 0 Å². The molecule has 0 amide bonds. The largest absolute Gasteiger partial charge is 0.495 e. The van der Waals surface area contributed by atoms with Gasteiger partial charge in [0.05, 0.1) is 23.8 Å². The van der Waals surface area contributed by atoms with Crippen LogP contribution < -0.4 is 4.74 Å². The van der Waals surface area contributed by atoms with Gasteiger partial charge in [-0.05, 0) is 31.2 Å². The summed E-state index contributed by atoms with van der Waals surface area (Å²) in [5.74, 6) is 1.81. The van der Waals surface area contributed by atoms with E-state index in [2.05, 4.69) is 15.6 Å². The van der Waals surface area contributed by atoms with Crippen molar-refractivity contribution in [3.63, 3.8) is 0 Å². The highest BCUT2D eigenvalue weighted by Gasteiger charge is 2.11. The average Bonchev–Trinajstić information content (AvgIpc) is 2.74. The molecule has 18 heavy (non-hydrogen) atoms. The Morgan fingerprint density at radius 3 is 2.56 bits per heavy atom. The fourth-order valence-electron chi connectivity index (χ4n) is 2.27. The van der Waals surface area contributed by atoms with Gasteiger partial charge in [-0.2, -0.15) is 0 Å². The maximum absolute atomic E-state index is 5.42. The van der Waals surface area contributed by atoms with Gasteiger partial charge >= 0.3 is 0 Å². The molecule has 0 saturated heterocycles. The first-order valence-electron chi connectivity index (χ1n) is 5.89. The summed E-state index contributed by atoms with van der Waals surface area (Å²) in [5.41, 5.74) is 3.12. The fourth-order valence-corrected chi connectivity index (χ4v) is 2.27. The van der Waals surface area contributed by atoms with Crippen molar-refractivity contribution in [1.82, 2.24) is 9.55 Å². The zero-order valence-corrected chi connectivity index (χ0v) is 10.4. The zero-order valence-electron chi connectivity index (χ0n) is 10.4. The van der Waals surface area contributed by atoms with Gasteiger partial charge in [-0.3, -0.25) is 4.57 Å². The Balaban J connectivity index is 2.34. The molecule has 0 aliphatic heterocycles. The van der Waals surface area contributed by atoms with Crippen LogP contribution in [-0.4, -0.2) is 16.7 Å². The molecular formula is C15H14N2O. The zero-order chi connectivity index (χ0) is 12.5. The second-order valence-electron chi connectivity index (χ2n) is 4.15. The monoisotopic (exact) mass is 238 g/mol. The Morgan fingerprint density at radius 1 is 1.00 bits per heavy atom. The highest BCUT2D eigenvalue weighted by molar-refractivity contribution is 5.78. The molecule has 3 rings (SSSR count). The Hall–Kier alpha value is -2.29. The maximum Gasteiger partial charge on any atom is 0.142 e. The molecule has 0 radical (unpaired) electrons. The van der Waals surface area contributed by atoms with E-state index >= 15 is 0 Å². The number of imidazole rings is 1. The molecule has 0 saturated carbocycles. The van der Waals surface area contributed by atoms with Crippen LogP contribution >= 0.6 is 0 Å². The molecule has 1 aromatic heterocycles. The van der Waals surface area contributed by atoms with E-state index in [1.54, 1.807) is 7.11 Å². The van der Waals surface area contributed by atoms with E-state index in [1.807, 2.05) is 49.4 Å². The minimum absolute atomic E-state index is 0.851. The summed E-state index contributed by atoms with van der Waals surface area (Å²) < 4.78 is 7.54. The van der Waals surface area contributed by atoms with E-state index in [0.717, 1.165) is 28.3 Å². The minimum Gasteiger partial charge on any atom is -0.495 e. The van der Waals surface area contributed by atoms with Gasteiger partial charge in [-0.15, -0.1) is 0 Å². The SMILES string of the molecule is COc1ccccc1-n1c(C)nc2ccccc21. The van der Waals surface area contributed by atoms with E-state index < -0.39 is 0 Å². The lowest BCUT2D eigenvalue weighted by atomic mass is 10.2. The smallest absolute Gasteiger partial charge is 0.142 e. The molecule has 0 aliphatic carbocycles. The number of methoxy groups -OCH3 is 1. The topological polar surface area (TPSA) is 27.1 Å². The molecule has 0 atom stereocenters. The predicted octanol–water partition coefficient (Wildman–Crippen LogP) is 3.34. The van der Waals surface area contributed by atoms with Crippen LogP contribution in [-0.2, 0) is 0 Å². The number of benzene rings is 2. The molecule has 2 aromatic carbocycles. The quantitative estimate of drug-likeness (QED) is 0.684. The van der Waals surface area contributed by atoms with Gasteiger partial charge in [0.15, 0.2) is 0 Å². The summed E-state index contributed by atoms with van der Waals surface area (Å²) >= 11 is 0. The summed E-state index contributed by atoms with van der Waals surface area (Å²) in [6, 6.07) is 16.1. The summed E-state index contributed by atoms with van der Waals surface area (Å²) in [5, 5.41) is 0. The van der Waals surface area contributed by atoms with Gasteiger partial charge in [0.25, 0.3) is 0 Å². The molecule has 90 valence electrons. The first-order chi connectivity index (χ1) is 8.81. The number of aryl methyl sites for hydroxylation is 1. The third-order valence-corrected chi connectivity index (χ3v) is 3.05.